The Kier molecular flexibility index (Phi) is 4.21. The number of hydrogen-bond acceptors (Lipinski definition) is 3. The van der Waals surface area contributed by atoms with Crippen LogP contribution in [0.1, 0.15) is 50.8 Å². The van der Waals surface area contributed by atoms with E-state index in [-0.39, 0.29) is 0 Å². The third kappa shape index (κ3) is 3.63. The first kappa shape index (κ1) is 14.6. The molecule has 0 spiro atoms. The molecular weight excluding hydrogens is 264 g/mol. The summed E-state index contributed by atoms with van der Waals surface area (Å²) >= 11 is 1.89. The summed E-state index contributed by atoms with van der Waals surface area (Å²) in [5.74, 6) is 0.680. The zero-order valence-electron chi connectivity index (χ0n) is 12.8. The topological polar surface area (TPSA) is 29.3 Å². The molecule has 2 saturated carbocycles. The van der Waals surface area contributed by atoms with E-state index < -0.39 is 0 Å². The summed E-state index contributed by atoms with van der Waals surface area (Å²) < 4.78 is 0. The predicted molar refractivity (Wildman–Crippen MR) is 86.8 cm³/mol. The second kappa shape index (κ2) is 5.78. The van der Waals surface area contributed by atoms with Crippen molar-refractivity contribution in [1.82, 2.24) is 4.90 Å². The van der Waals surface area contributed by atoms with Crippen LogP contribution in [0.25, 0.3) is 0 Å². The lowest BCUT2D eigenvalue weighted by atomic mass is 9.70. The van der Waals surface area contributed by atoms with Crippen LogP contribution in [0.3, 0.4) is 0 Å². The van der Waals surface area contributed by atoms with Crippen molar-refractivity contribution in [3.05, 3.63) is 22.4 Å². The van der Waals surface area contributed by atoms with Crippen LogP contribution in [0.5, 0.6) is 0 Å². The Labute approximate surface area is 127 Å². The lowest BCUT2D eigenvalue weighted by molar-refractivity contribution is 0.108. The molecule has 20 heavy (non-hydrogen) atoms. The molecule has 3 heteroatoms. The highest BCUT2D eigenvalue weighted by molar-refractivity contribution is 7.09. The molecule has 0 saturated heterocycles. The van der Waals surface area contributed by atoms with Crippen molar-refractivity contribution in [3.63, 3.8) is 0 Å². The molecular formula is C17H28N2S. The molecule has 1 aromatic rings. The SMILES string of the molecule is CC1(C)CCC(N)C(CN(Cc2cccs2)C2CC2)C1. The molecule has 1 aromatic heterocycles. The van der Waals surface area contributed by atoms with Gasteiger partial charge in [-0.05, 0) is 54.9 Å². The third-order valence-electron chi connectivity index (χ3n) is 5.05. The molecule has 2 fully saturated rings. The number of hydrogen-bond donors (Lipinski definition) is 1. The number of nitrogens with zero attached hydrogens (tertiary/aromatic N) is 1. The van der Waals surface area contributed by atoms with Crippen LogP contribution >= 0.6 is 11.3 Å². The Morgan fingerprint density at radius 2 is 2.15 bits per heavy atom. The smallest absolute Gasteiger partial charge is 0.0330 e. The van der Waals surface area contributed by atoms with E-state index in [9.17, 15) is 0 Å². The summed E-state index contributed by atoms with van der Waals surface area (Å²) in [7, 11) is 0. The molecule has 2 aliphatic rings. The van der Waals surface area contributed by atoms with Gasteiger partial charge in [0, 0.05) is 30.1 Å². The van der Waals surface area contributed by atoms with Gasteiger partial charge in [-0.15, -0.1) is 11.3 Å². The molecule has 0 aliphatic heterocycles. The quantitative estimate of drug-likeness (QED) is 0.892. The fourth-order valence-corrected chi connectivity index (χ4v) is 4.37. The van der Waals surface area contributed by atoms with Crippen molar-refractivity contribution < 1.29 is 0 Å². The summed E-state index contributed by atoms with van der Waals surface area (Å²) in [5.41, 5.74) is 6.90. The van der Waals surface area contributed by atoms with Gasteiger partial charge in [0.25, 0.3) is 0 Å². The van der Waals surface area contributed by atoms with Crippen LogP contribution in [0.2, 0.25) is 0 Å². The number of rotatable bonds is 5. The molecule has 0 radical (unpaired) electrons. The number of nitrogens with two attached hydrogens (primary N) is 1. The maximum atomic E-state index is 6.42. The Bertz CT molecular complexity index is 422. The van der Waals surface area contributed by atoms with Crippen molar-refractivity contribution in [2.75, 3.05) is 6.54 Å². The molecule has 112 valence electrons. The normalized spacial score (nSPS) is 29.8. The zero-order valence-corrected chi connectivity index (χ0v) is 13.7. The van der Waals surface area contributed by atoms with Crippen molar-refractivity contribution in [1.29, 1.82) is 0 Å². The molecule has 2 atom stereocenters. The Morgan fingerprint density at radius 1 is 1.35 bits per heavy atom. The van der Waals surface area contributed by atoms with E-state index in [2.05, 4.69) is 36.3 Å². The van der Waals surface area contributed by atoms with Crippen LogP contribution in [0.4, 0.5) is 0 Å². The average molecular weight is 292 g/mol. The molecule has 0 amide bonds. The first-order valence-corrected chi connectivity index (χ1v) is 8.93. The summed E-state index contributed by atoms with van der Waals surface area (Å²) in [6, 6.07) is 5.67. The van der Waals surface area contributed by atoms with Gasteiger partial charge in [0.2, 0.25) is 0 Å². The van der Waals surface area contributed by atoms with Gasteiger partial charge < -0.3 is 5.73 Å². The Balaban J connectivity index is 1.63. The average Bonchev–Trinajstić information content (AvgIpc) is 3.12. The fourth-order valence-electron chi connectivity index (χ4n) is 3.64. The summed E-state index contributed by atoms with van der Waals surface area (Å²) in [6.07, 6.45) is 6.56. The van der Waals surface area contributed by atoms with Gasteiger partial charge >= 0.3 is 0 Å². The lowest BCUT2D eigenvalue weighted by Gasteiger charge is -2.41. The molecule has 3 rings (SSSR count). The number of thiophene rings is 1. The van der Waals surface area contributed by atoms with Gasteiger partial charge in [0.05, 0.1) is 0 Å². The molecule has 0 aromatic carbocycles. The van der Waals surface area contributed by atoms with E-state index in [0.29, 0.717) is 17.4 Å². The van der Waals surface area contributed by atoms with Crippen LogP contribution < -0.4 is 5.73 Å². The minimum absolute atomic E-state index is 0.410. The fraction of sp³-hybridized carbons (Fsp3) is 0.765. The minimum Gasteiger partial charge on any atom is -0.327 e. The molecule has 2 N–H and O–H groups in total. The molecule has 1 heterocycles. The first-order chi connectivity index (χ1) is 9.53. The highest BCUT2D eigenvalue weighted by Gasteiger charge is 2.37. The van der Waals surface area contributed by atoms with E-state index in [1.807, 2.05) is 11.3 Å². The van der Waals surface area contributed by atoms with Gasteiger partial charge in [-0.1, -0.05) is 19.9 Å². The van der Waals surface area contributed by atoms with Crippen LogP contribution in [-0.2, 0) is 6.54 Å². The lowest BCUT2D eigenvalue weighted by Crippen LogP contribution is -2.45. The van der Waals surface area contributed by atoms with E-state index >= 15 is 0 Å². The van der Waals surface area contributed by atoms with Crippen molar-refractivity contribution in [2.24, 2.45) is 17.1 Å². The standard InChI is InChI=1S/C17H28N2S/c1-17(2)8-7-16(18)13(10-17)11-19(14-5-6-14)12-15-4-3-9-20-15/h3-4,9,13-14,16H,5-8,10-12,18H2,1-2H3. The van der Waals surface area contributed by atoms with Gasteiger partial charge in [-0.3, -0.25) is 4.90 Å². The van der Waals surface area contributed by atoms with E-state index in [1.54, 1.807) is 0 Å². The highest BCUT2D eigenvalue weighted by atomic mass is 32.1. The Hall–Kier alpha value is -0.380. The second-order valence-corrected chi connectivity index (χ2v) is 8.60. The van der Waals surface area contributed by atoms with Crippen LogP contribution in [0, 0.1) is 11.3 Å². The molecule has 2 aliphatic carbocycles. The van der Waals surface area contributed by atoms with E-state index in [1.165, 1.54) is 43.5 Å². The predicted octanol–water partition coefficient (Wildman–Crippen LogP) is 3.87. The van der Waals surface area contributed by atoms with Gasteiger partial charge in [0.15, 0.2) is 0 Å². The monoisotopic (exact) mass is 292 g/mol. The first-order valence-electron chi connectivity index (χ1n) is 8.05. The van der Waals surface area contributed by atoms with Crippen molar-refractivity contribution in [3.8, 4) is 0 Å². The zero-order chi connectivity index (χ0) is 14.2. The van der Waals surface area contributed by atoms with E-state index in [0.717, 1.165) is 12.6 Å². The molecule has 2 unspecified atom stereocenters. The maximum absolute atomic E-state index is 6.42. The van der Waals surface area contributed by atoms with Gasteiger partial charge in [-0.25, -0.2) is 0 Å². The molecule has 2 nitrogen and oxygen atoms in total. The van der Waals surface area contributed by atoms with Crippen molar-refractivity contribution in [2.45, 2.75) is 64.6 Å². The van der Waals surface area contributed by atoms with Crippen LogP contribution in [0.15, 0.2) is 17.5 Å². The summed E-state index contributed by atoms with van der Waals surface area (Å²) in [5, 5.41) is 2.19. The highest BCUT2D eigenvalue weighted by Crippen LogP contribution is 2.40. The largest absolute Gasteiger partial charge is 0.327 e. The summed E-state index contributed by atoms with van der Waals surface area (Å²) in [4.78, 5) is 4.21. The Morgan fingerprint density at radius 3 is 2.80 bits per heavy atom. The van der Waals surface area contributed by atoms with E-state index in [4.69, 9.17) is 5.73 Å². The third-order valence-corrected chi connectivity index (χ3v) is 5.91. The minimum atomic E-state index is 0.410. The second-order valence-electron chi connectivity index (χ2n) is 7.57. The maximum Gasteiger partial charge on any atom is 0.0330 e. The summed E-state index contributed by atoms with van der Waals surface area (Å²) in [6.45, 7) is 7.15. The van der Waals surface area contributed by atoms with Crippen LogP contribution in [-0.4, -0.2) is 23.5 Å². The molecule has 0 bridgehead atoms. The van der Waals surface area contributed by atoms with Gasteiger partial charge in [-0.2, -0.15) is 0 Å². The van der Waals surface area contributed by atoms with Gasteiger partial charge in [0.1, 0.15) is 0 Å². The van der Waals surface area contributed by atoms with Crippen molar-refractivity contribution >= 4 is 11.3 Å².